The molecule has 1 amide bonds. The van der Waals surface area contributed by atoms with Crippen LogP contribution in [0.4, 0.5) is 5.69 Å². The molecule has 0 aliphatic heterocycles. The van der Waals surface area contributed by atoms with E-state index in [1.807, 2.05) is 39.0 Å². The zero-order chi connectivity index (χ0) is 13.6. The molecule has 1 aromatic carbocycles. The van der Waals surface area contributed by atoms with E-state index in [0.717, 1.165) is 5.56 Å². The van der Waals surface area contributed by atoms with Crippen LogP contribution in [0.1, 0.15) is 26.3 Å². The van der Waals surface area contributed by atoms with Crippen molar-refractivity contribution in [1.29, 1.82) is 0 Å². The summed E-state index contributed by atoms with van der Waals surface area (Å²) in [5, 5.41) is 2.86. The van der Waals surface area contributed by atoms with E-state index in [1.165, 1.54) is 0 Å². The summed E-state index contributed by atoms with van der Waals surface area (Å²) in [4.78, 5) is 11.8. The Kier molecular flexibility index (Phi) is 5.16. The molecular weight excluding hydrogens is 228 g/mol. The van der Waals surface area contributed by atoms with Crippen LogP contribution in [0.15, 0.2) is 24.3 Å². The van der Waals surface area contributed by atoms with Crippen molar-refractivity contribution in [1.82, 2.24) is 5.32 Å². The number of ether oxygens (including phenoxy) is 1. The average Bonchev–Trinajstić information content (AvgIpc) is 2.30. The van der Waals surface area contributed by atoms with E-state index in [0.29, 0.717) is 25.3 Å². The topological polar surface area (TPSA) is 64.3 Å². The van der Waals surface area contributed by atoms with E-state index in [4.69, 9.17) is 10.5 Å². The predicted molar refractivity (Wildman–Crippen MR) is 73.3 cm³/mol. The quantitative estimate of drug-likeness (QED) is 0.756. The van der Waals surface area contributed by atoms with Gasteiger partial charge in [0.1, 0.15) is 0 Å². The standard InChI is InChI=1S/C14H22N2O2/c1-4-18-14(2,3)10-16-13(17)9-11-7-5-6-8-12(11)15/h5-8H,4,9-10,15H2,1-3H3,(H,16,17). The monoisotopic (exact) mass is 250 g/mol. The van der Waals surface area contributed by atoms with E-state index >= 15 is 0 Å². The normalized spacial score (nSPS) is 11.3. The van der Waals surface area contributed by atoms with Crippen LogP contribution in [0, 0.1) is 0 Å². The average molecular weight is 250 g/mol. The second-order valence-corrected chi connectivity index (χ2v) is 4.85. The molecule has 4 heteroatoms. The zero-order valence-corrected chi connectivity index (χ0v) is 11.3. The van der Waals surface area contributed by atoms with Gasteiger partial charge in [0.05, 0.1) is 12.0 Å². The molecule has 0 saturated carbocycles. The van der Waals surface area contributed by atoms with E-state index in [9.17, 15) is 4.79 Å². The fraction of sp³-hybridized carbons (Fsp3) is 0.500. The molecule has 18 heavy (non-hydrogen) atoms. The molecule has 1 aromatic rings. The van der Waals surface area contributed by atoms with Gasteiger partial charge in [-0.25, -0.2) is 0 Å². The molecule has 0 unspecified atom stereocenters. The van der Waals surface area contributed by atoms with Gasteiger partial charge in [0.25, 0.3) is 0 Å². The SMILES string of the molecule is CCOC(C)(C)CNC(=O)Cc1ccccc1N. The fourth-order valence-electron chi connectivity index (χ4n) is 1.68. The third-order valence-electron chi connectivity index (χ3n) is 2.65. The van der Waals surface area contributed by atoms with Gasteiger partial charge in [-0.2, -0.15) is 0 Å². The van der Waals surface area contributed by atoms with E-state index in [-0.39, 0.29) is 11.5 Å². The molecular formula is C14H22N2O2. The largest absolute Gasteiger partial charge is 0.398 e. The van der Waals surface area contributed by atoms with Gasteiger partial charge in [0.15, 0.2) is 0 Å². The third kappa shape index (κ3) is 4.75. The minimum Gasteiger partial charge on any atom is -0.398 e. The highest BCUT2D eigenvalue weighted by Crippen LogP contribution is 2.11. The van der Waals surface area contributed by atoms with Crippen LogP contribution in [0.5, 0.6) is 0 Å². The summed E-state index contributed by atoms with van der Waals surface area (Å²) in [6.07, 6.45) is 0.300. The number of hydrogen-bond donors (Lipinski definition) is 2. The van der Waals surface area contributed by atoms with Crippen molar-refractivity contribution >= 4 is 11.6 Å². The van der Waals surface area contributed by atoms with Gasteiger partial charge in [0, 0.05) is 18.8 Å². The first-order chi connectivity index (χ1) is 8.44. The number of anilines is 1. The smallest absolute Gasteiger partial charge is 0.224 e. The minimum absolute atomic E-state index is 0.0410. The van der Waals surface area contributed by atoms with Crippen LogP contribution in [-0.2, 0) is 16.0 Å². The van der Waals surface area contributed by atoms with Crippen LogP contribution in [0.25, 0.3) is 0 Å². The maximum absolute atomic E-state index is 11.8. The maximum Gasteiger partial charge on any atom is 0.224 e. The number of benzene rings is 1. The number of rotatable bonds is 6. The number of amides is 1. The van der Waals surface area contributed by atoms with Crippen LogP contribution >= 0.6 is 0 Å². The summed E-state index contributed by atoms with van der Waals surface area (Å²) in [6, 6.07) is 7.40. The van der Waals surface area contributed by atoms with E-state index in [1.54, 1.807) is 6.07 Å². The van der Waals surface area contributed by atoms with Crippen LogP contribution in [-0.4, -0.2) is 24.7 Å². The molecule has 0 atom stereocenters. The van der Waals surface area contributed by atoms with Crippen molar-refractivity contribution in [3.63, 3.8) is 0 Å². The number of carbonyl (C=O) groups is 1. The Balaban J connectivity index is 2.46. The van der Waals surface area contributed by atoms with Crippen molar-refractivity contribution in [2.75, 3.05) is 18.9 Å². The Morgan fingerprint density at radius 1 is 1.39 bits per heavy atom. The molecule has 0 bridgehead atoms. The molecule has 0 fully saturated rings. The molecule has 0 saturated heterocycles. The summed E-state index contributed by atoms with van der Waals surface area (Å²) < 4.78 is 5.51. The first-order valence-corrected chi connectivity index (χ1v) is 6.18. The van der Waals surface area contributed by atoms with Gasteiger partial charge in [-0.15, -0.1) is 0 Å². The Hall–Kier alpha value is -1.55. The number of nitrogens with two attached hydrogens (primary N) is 1. The van der Waals surface area contributed by atoms with Crippen molar-refractivity contribution in [3.05, 3.63) is 29.8 Å². The molecule has 100 valence electrons. The summed E-state index contributed by atoms with van der Waals surface area (Å²) in [5.74, 6) is -0.0410. The highest BCUT2D eigenvalue weighted by atomic mass is 16.5. The van der Waals surface area contributed by atoms with E-state index < -0.39 is 0 Å². The minimum atomic E-state index is -0.341. The highest BCUT2D eigenvalue weighted by Gasteiger charge is 2.18. The van der Waals surface area contributed by atoms with Gasteiger partial charge in [-0.1, -0.05) is 18.2 Å². The van der Waals surface area contributed by atoms with Gasteiger partial charge in [0.2, 0.25) is 5.91 Å². The molecule has 3 N–H and O–H groups in total. The second kappa shape index (κ2) is 6.40. The van der Waals surface area contributed by atoms with Gasteiger partial charge >= 0.3 is 0 Å². The summed E-state index contributed by atoms with van der Waals surface area (Å²) in [7, 11) is 0. The molecule has 0 radical (unpaired) electrons. The van der Waals surface area contributed by atoms with Crippen LogP contribution in [0.3, 0.4) is 0 Å². The Labute approximate surface area is 109 Å². The van der Waals surface area contributed by atoms with Crippen molar-refractivity contribution in [2.24, 2.45) is 0 Å². The van der Waals surface area contributed by atoms with Gasteiger partial charge in [-0.05, 0) is 32.4 Å². The molecule has 1 rings (SSSR count). The second-order valence-electron chi connectivity index (χ2n) is 4.85. The number of hydrogen-bond acceptors (Lipinski definition) is 3. The number of nitrogens with one attached hydrogen (secondary N) is 1. The van der Waals surface area contributed by atoms with Crippen molar-refractivity contribution in [3.8, 4) is 0 Å². The third-order valence-corrected chi connectivity index (χ3v) is 2.65. The lowest BCUT2D eigenvalue weighted by Gasteiger charge is -2.24. The number of carbonyl (C=O) groups excluding carboxylic acids is 1. The molecule has 0 aromatic heterocycles. The molecule has 0 heterocycles. The predicted octanol–water partition coefficient (Wildman–Crippen LogP) is 1.74. The molecule has 0 aliphatic carbocycles. The number of nitrogen functional groups attached to an aromatic ring is 1. The Morgan fingerprint density at radius 2 is 2.06 bits per heavy atom. The Morgan fingerprint density at radius 3 is 2.67 bits per heavy atom. The van der Waals surface area contributed by atoms with Crippen molar-refractivity contribution < 1.29 is 9.53 Å². The van der Waals surface area contributed by atoms with Gasteiger partial charge in [-0.3, -0.25) is 4.79 Å². The van der Waals surface area contributed by atoms with Crippen LogP contribution < -0.4 is 11.1 Å². The number of para-hydroxylation sites is 1. The zero-order valence-electron chi connectivity index (χ0n) is 11.3. The van der Waals surface area contributed by atoms with Crippen LogP contribution in [0.2, 0.25) is 0 Å². The maximum atomic E-state index is 11.8. The first-order valence-electron chi connectivity index (χ1n) is 6.18. The fourth-order valence-corrected chi connectivity index (χ4v) is 1.68. The Bertz CT molecular complexity index is 403. The van der Waals surface area contributed by atoms with E-state index in [2.05, 4.69) is 5.32 Å². The first kappa shape index (κ1) is 14.5. The lowest BCUT2D eigenvalue weighted by Crippen LogP contribution is -2.41. The summed E-state index contributed by atoms with van der Waals surface area (Å²) in [6.45, 7) is 6.97. The summed E-state index contributed by atoms with van der Waals surface area (Å²) in [5.41, 5.74) is 6.95. The van der Waals surface area contributed by atoms with Gasteiger partial charge < -0.3 is 15.8 Å². The summed E-state index contributed by atoms with van der Waals surface area (Å²) >= 11 is 0. The molecule has 0 aliphatic rings. The lowest BCUT2D eigenvalue weighted by molar-refractivity contribution is -0.122. The molecule has 0 spiro atoms. The molecule has 4 nitrogen and oxygen atoms in total. The lowest BCUT2D eigenvalue weighted by atomic mass is 10.1. The highest BCUT2D eigenvalue weighted by molar-refractivity contribution is 5.80. The van der Waals surface area contributed by atoms with Crippen molar-refractivity contribution in [2.45, 2.75) is 32.8 Å².